The van der Waals surface area contributed by atoms with E-state index in [1.54, 1.807) is 0 Å². The van der Waals surface area contributed by atoms with E-state index in [0.717, 1.165) is 17.3 Å². The van der Waals surface area contributed by atoms with E-state index >= 15 is 0 Å². The van der Waals surface area contributed by atoms with Crippen LogP contribution in [0.15, 0.2) is 24.3 Å². The molecule has 0 saturated heterocycles. The van der Waals surface area contributed by atoms with Crippen molar-refractivity contribution in [2.24, 2.45) is 0 Å². The maximum atomic E-state index is 12.5. The fraction of sp³-hybridized carbons (Fsp3) is 0.538. The fourth-order valence-corrected chi connectivity index (χ4v) is 3.59. The van der Waals surface area contributed by atoms with Gasteiger partial charge in [0.15, 0.2) is 0 Å². The molecule has 102 valence electrons. The molecular formula is C13H20IO3P. The van der Waals surface area contributed by atoms with Crippen molar-refractivity contribution >= 4 is 35.5 Å². The monoisotopic (exact) mass is 382 g/mol. The molecule has 0 aliphatic rings. The normalized spacial score (nSPS) is 11.7. The van der Waals surface area contributed by atoms with E-state index in [1.807, 2.05) is 38.1 Å². The summed E-state index contributed by atoms with van der Waals surface area (Å²) in [6.45, 7) is 4.41. The summed E-state index contributed by atoms with van der Waals surface area (Å²) in [5.74, 6) is 0. The van der Waals surface area contributed by atoms with Gasteiger partial charge in [-0.3, -0.25) is 4.57 Å². The van der Waals surface area contributed by atoms with E-state index in [1.165, 1.54) is 5.56 Å². The van der Waals surface area contributed by atoms with Crippen molar-refractivity contribution in [2.75, 3.05) is 17.6 Å². The molecule has 1 aromatic rings. The van der Waals surface area contributed by atoms with Crippen LogP contribution in [0.1, 0.15) is 25.8 Å². The Morgan fingerprint density at radius 1 is 1.11 bits per heavy atom. The SMILES string of the molecule is CCOP(=O)(OCC)c1ccc(CCCI)cc1. The molecule has 0 bridgehead atoms. The molecule has 0 unspecified atom stereocenters. The molecule has 1 aromatic carbocycles. The molecule has 3 nitrogen and oxygen atoms in total. The van der Waals surface area contributed by atoms with Gasteiger partial charge in [-0.1, -0.05) is 34.7 Å². The van der Waals surface area contributed by atoms with Gasteiger partial charge in [-0.2, -0.15) is 0 Å². The maximum Gasteiger partial charge on any atom is 0.361 e. The highest BCUT2D eigenvalue weighted by atomic mass is 127. The summed E-state index contributed by atoms with van der Waals surface area (Å²) in [7, 11) is -3.12. The topological polar surface area (TPSA) is 35.5 Å². The standard InChI is InChI=1S/C13H20IO3P/c1-3-16-18(15,17-4-2)13-9-7-12(8-10-13)6-5-11-14/h7-10H,3-6,11H2,1-2H3. The van der Waals surface area contributed by atoms with Crippen molar-refractivity contribution in [3.63, 3.8) is 0 Å². The van der Waals surface area contributed by atoms with Crippen molar-refractivity contribution in [3.05, 3.63) is 29.8 Å². The molecule has 0 aromatic heterocycles. The fourth-order valence-electron chi connectivity index (χ4n) is 1.64. The van der Waals surface area contributed by atoms with Crippen LogP contribution in [0.3, 0.4) is 0 Å². The zero-order valence-corrected chi connectivity index (χ0v) is 13.9. The van der Waals surface area contributed by atoms with E-state index in [4.69, 9.17) is 9.05 Å². The summed E-state index contributed by atoms with van der Waals surface area (Å²) in [5, 5.41) is 0.643. The Balaban J connectivity index is 2.83. The number of alkyl halides is 1. The van der Waals surface area contributed by atoms with Crippen molar-refractivity contribution in [1.82, 2.24) is 0 Å². The van der Waals surface area contributed by atoms with Crippen LogP contribution >= 0.6 is 30.2 Å². The molecule has 0 radical (unpaired) electrons. The van der Waals surface area contributed by atoms with Crippen LogP contribution in [0.5, 0.6) is 0 Å². The van der Waals surface area contributed by atoms with Gasteiger partial charge in [0.25, 0.3) is 0 Å². The molecule has 18 heavy (non-hydrogen) atoms. The smallest absolute Gasteiger partial charge is 0.305 e. The van der Waals surface area contributed by atoms with Gasteiger partial charge in [0.1, 0.15) is 0 Å². The van der Waals surface area contributed by atoms with Crippen LogP contribution in [0.4, 0.5) is 0 Å². The number of rotatable bonds is 8. The van der Waals surface area contributed by atoms with Crippen molar-refractivity contribution < 1.29 is 13.6 Å². The zero-order valence-electron chi connectivity index (χ0n) is 10.9. The maximum absolute atomic E-state index is 12.5. The van der Waals surface area contributed by atoms with Crippen LogP contribution in [0, 0.1) is 0 Å². The van der Waals surface area contributed by atoms with Crippen LogP contribution in [0.2, 0.25) is 0 Å². The Morgan fingerprint density at radius 3 is 2.11 bits per heavy atom. The van der Waals surface area contributed by atoms with Gasteiger partial charge in [0.05, 0.1) is 18.5 Å². The largest absolute Gasteiger partial charge is 0.361 e. The van der Waals surface area contributed by atoms with Gasteiger partial charge in [-0.25, -0.2) is 0 Å². The summed E-state index contributed by atoms with van der Waals surface area (Å²) in [6.07, 6.45) is 2.21. The van der Waals surface area contributed by atoms with Crippen molar-refractivity contribution in [1.29, 1.82) is 0 Å². The first-order valence-electron chi connectivity index (χ1n) is 6.21. The number of hydrogen-bond acceptors (Lipinski definition) is 3. The average Bonchev–Trinajstić information content (AvgIpc) is 2.37. The minimum atomic E-state index is -3.12. The van der Waals surface area contributed by atoms with E-state index < -0.39 is 7.60 Å². The zero-order chi connectivity index (χ0) is 13.4. The molecule has 0 aliphatic carbocycles. The Hall–Kier alpha value is 0.100. The molecule has 0 N–H and O–H groups in total. The van der Waals surface area contributed by atoms with Gasteiger partial charge >= 0.3 is 7.60 Å². The summed E-state index contributed by atoms with van der Waals surface area (Å²) >= 11 is 2.37. The van der Waals surface area contributed by atoms with E-state index in [9.17, 15) is 4.57 Å². The summed E-state index contributed by atoms with van der Waals surface area (Å²) in [4.78, 5) is 0. The third-order valence-electron chi connectivity index (χ3n) is 2.45. The minimum Gasteiger partial charge on any atom is -0.305 e. The quantitative estimate of drug-likeness (QED) is 0.388. The Kier molecular flexibility index (Phi) is 7.46. The Bertz CT molecular complexity index is 382. The van der Waals surface area contributed by atoms with Gasteiger partial charge in [-0.15, -0.1) is 0 Å². The second-order valence-electron chi connectivity index (χ2n) is 3.79. The number of benzene rings is 1. The number of halogens is 1. The van der Waals surface area contributed by atoms with Gasteiger partial charge in [0, 0.05) is 0 Å². The summed E-state index contributed by atoms with van der Waals surface area (Å²) in [6, 6.07) is 7.72. The number of aryl methyl sites for hydroxylation is 1. The molecule has 0 amide bonds. The lowest BCUT2D eigenvalue weighted by Crippen LogP contribution is -2.10. The summed E-state index contributed by atoms with van der Waals surface area (Å²) in [5.41, 5.74) is 1.26. The van der Waals surface area contributed by atoms with Crippen LogP contribution in [-0.4, -0.2) is 17.6 Å². The average molecular weight is 382 g/mol. The Labute approximate surface area is 123 Å². The van der Waals surface area contributed by atoms with Crippen molar-refractivity contribution in [3.8, 4) is 0 Å². The molecular weight excluding hydrogens is 362 g/mol. The third kappa shape index (κ3) is 4.65. The lowest BCUT2D eigenvalue weighted by atomic mass is 10.1. The molecule has 0 saturated carbocycles. The van der Waals surface area contributed by atoms with Gasteiger partial charge in [-0.05, 0) is 48.8 Å². The van der Waals surface area contributed by atoms with Gasteiger partial charge < -0.3 is 9.05 Å². The lowest BCUT2D eigenvalue weighted by molar-refractivity contribution is 0.230. The van der Waals surface area contributed by atoms with E-state index in [0.29, 0.717) is 18.5 Å². The minimum absolute atomic E-state index is 0.383. The highest BCUT2D eigenvalue weighted by Crippen LogP contribution is 2.46. The second kappa shape index (κ2) is 8.31. The predicted molar refractivity (Wildman–Crippen MR) is 84.1 cm³/mol. The highest BCUT2D eigenvalue weighted by molar-refractivity contribution is 14.1. The molecule has 0 heterocycles. The molecule has 1 rings (SSSR count). The molecule has 5 heteroatoms. The first-order chi connectivity index (χ1) is 8.66. The molecule has 0 aliphatic heterocycles. The first kappa shape index (κ1) is 16.2. The van der Waals surface area contributed by atoms with Crippen LogP contribution in [0.25, 0.3) is 0 Å². The lowest BCUT2D eigenvalue weighted by Gasteiger charge is -2.17. The van der Waals surface area contributed by atoms with E-state index in [-0.39, 0.29) is 0 Å². The molecule has 0 atom stereocenters. The van der Waals surface area contributed by atoms with Gasteiger partial charge in [0.2, 0.25) is 0 Å². The van der Waals surface area contributed by atoms with Crippen molar-refractivity contribution in [2.45, 2.75) is 26.7 Å². The Morgan fingerprint density at radius 2 is 1.67 bits per heavy atom. The van der Waals surface area contributed by atoms with Crippen LogP contribution in [-0.2, 0) is 20.0 Å². The molecule has 0 fully saturated rings. The second-order valence-corrected chi connectivity index (χ2v) is 6.90. The predicted octanol–water partition coefficient (Wildman–Crippen LogP) is 3.95. The van der Waals surface area contributed by atoms with E-state index in [2.05, 4.69) is 22.6 Å². The first-order valence-corrected chi connectivity index (χ1v) is 9.27. The molecule has 0 spiro atoms. The van der Waals surface area contributed by atoms with Crippen LogP contribution < -0.4 is 5.30 Å². The number of hydrogen-bond donors (Lipinski definition) is 0. The summed E-state index contributed by atoms with van der Waals surface area (Å²) < 4.78 is 24.3. The third-order valence-corrected chi connectivity index (χ3v) is 5.34. The highest BCUT2D eigenvalue weighted by Gasteiger charge is 2.26.